The largest absolute Gasteiger partial charge is 0.0810 e. The quantitative estimate of drug-likeness (QED) is 0.403. The molecule has 0 unspecified atom stereocenters. The number of allylic oxidation sites excluding steroid dienone is 3. The minimum absolute atomic E-state index is 0.422. The lowest BCUT2D eigenvalue weighted by atomic mass is 9.90. The van der Waals surface area contributed by atoms with Gasteiger partial charge in [-0.25, -0.2) is 0 Å². The molecule has 0 heterocycles. The molecule has 0 nitrogen and oxygen atoms in total. The van der Waals surface area contributed by atoms with E-state index in [4.69, 9.17) is 0 Å². The van der Waals surface area contributed by atoms with Gasteiger partial charge in [0.2, 0.25) is 0 Å². The molecule has 2 aromatic carbocycles. The van der Waals surface area contributed by atoms with E-state index in [0.29, 0.717) is 0 Å². The van der Waals surface area contributed by atoms with Crippen LogP contribution in [0.2, 0.25) is 0 Å². The first-order valence-corrected chi connectivity index (χ1v) is 11.1. The maximum Gasteiger partial charge on any atom is -0.0157 e. The third kappa shape index (κ3) is 5.16. The molecule has 1 fully saturated rings. The monoisotopic (exact) mass is 348 g/mol. The standard InChI is InChI=1S/C24H29P/c1-2-3-6-13-21-14-11-12-15-22(21)20-25(23-16-7-4-8-17-23)24-18-9-5-10-19-24/h4-5,7-10,13,16-20H,2-3,6,11-12,14-15H2,1H3/b21-13+,22-20+. The predicted molar refractivity (Wildman–Crippen MR) is 113 cm³/mol. The Bertz CT molecular complexity index is 658. The predicted octanol–water partition coefficient (Wildman–Crippen LogP) is 6.69. The summed E-state index contributed by atoms with van der Waals surface area (Å²) in [5.41, 5.74) is 3.24. The van der Waals surface area contributed by atoms with E-state index in [0.717, 1.165) is 0 Å². The fourth-order valence-electron chi connectivity index (χ4n) is 3.44. The first-order chi connectivity index (χ1) is 12.4. The molecule has 1 aliphatic rings. The summed E-state index contributed by atoms with van der Waals surface area (Å²) >= 11 is 0. The van der Waals surface area contributed by atoms with Crippen molar-refractivity contribution >= 4 is 18.5 Å². The van der Waals surface area contributed by atoms with Gasteiger partial charge in [0.25, 0.3) is 0 Å². The summed E-state index contributed by atoms with van der Waals surface area (Å²) in [6.07, 6.45) is 11.6. The zero-order chi connectivity index (χ0) is 17.3. The first kappa shape index (κ1) is 18.2. The van der Waals surface area contributed by atoms with Crippen LogP contribution in [-0.4, -0.2) is 0 Å². The van der Waals surface area contributed by atoms with Crippen molar-refractivity contribution in [1.29, 1.82) is 0 Å². The fourth-order valence-corrected chi connectivity index (χ4v) is 5.63. The van der Waals surface area contributed by atoms with Crippen molar-refractivity contribution in [2.75, 3.05) is 0 Å². The first-order valence-electron chi connectivity index (χ1n) is 9.68. The lowest BCUT2D eigenvalue weighted by Crippen LogP contribution is -2.11. The van der Waals surface area contributed by atoms with Crippen LogP contribution in [-0.2, 0) is 0 Å². The smallest absolute Gasteiger partial charge is 0.0157 e. The Labute approximate surface area is 154 Å². The summed E-state index contributed by atoms with van der Waals surface area (Å²) in [4.78, 5) is 0. The van der Waals surface area contributed by atoms with Crippen molar-refractivity contribution in [3.63, 3.8) is 0 Å². The highest BCUT2D eigenvalue weighted by Gasteiger charge is 2.16. The Kier molecular flexibility index (Phi) is 7.07. The van der Waals surface area contributed by atoms with Crippen LogP contribution in [0.3, 0.4) is 0 Å². The molecule has 0 N–H and O–H groups in total. The van der Waals surface area contributed by atoms with Crippen molar-refractivity contribution < 1.29 is 0 Å². The maximum atomic E-state index is 2.61. The van der Waals surface area contributed by atoms with Gasteiger partial charge in [0.15, 0.2) is 0 Å². The van der Waals surface area contributed by atoms with Crippen molar-refractivity contribution in [2.24, 2.45) is 0 Å². The molecule has 25 heavy (non-hydrogen) atoms. The van der Waals surface area contributed by atoms with E-state index in [2.05, 4.69) is 79.5 Å². The lowest BCUT2D eigenvalue weighted by Gasteiger charge is -2.22. The molecule has 0 saturated heterocycles. The van der Waals surface area contributed by atoms with E-state index in [9.17, 15) is 0 Å². The zero-order valence-corrected chi connectivity index (χ0v) is 16.2. The molecule has 1 aliphatic carbocycles. The average molecular weight is 348 g/mol. The van der Waals surface area contributed by atoms with Crippen LogP contribution in [0.15, 0.2) is 83.7 Å². The Morgan fingerprint density at radius 2 is 1.36 bits per heavy atom. The molecule has 3 rings (SSSR count). The fraction of sp³-hybridized carbons (Fsp3) is 0.333. The van der Waals surface area contributed by atoms with Crippen LogP contribution in [0.25, 0.3) is 0 Å². The second kappa shape index (κ2) is 9.73. The van der Waals surface area contributed by atoms with Crippen LogP contribution in [0.5, 0.6) is 0 Å². The van der Waals surface area contributed by atoms with Gasteiger partial charge in [0.1, 0.15) is 0 Å². The summed E-state index contributed by atoms with van der Waals surface area (Å²) in [6, 6.07) is 22.1. The highest BCUT2D eigenvalue weighted by molar-refractivity contribution is 7.75. The normalized spacial score (nSPS) is 18.2. The van der Waals surface area contributed by atoms with Gasteiger partial charge >= 0.3 is 0 Å². The van der Waals surface area contributed by atoms with Gasteiger partial charge in [0, 0.05) is 0 Å². The molecule has 0 spiro atoms. The minimum Gasteiger partial charge on any atom is -0.0810 e. The van der Waals surface area contributed by atoms with Gasteiger partial charge in [-0.05, 0) is 67.6 Å². The number of hydrogen-bond acceptors (Lipinski definition) is 0. The summed E-state index contributed by atoms with van der Waals surface area (Å²) in [5.74, 6) is 2.61. The molecule has 0 radical (unpaired) electrons. The lowest BCUT2D eigenvalue weighted by molar-refractivity contribution is 0.674. The molecule has 0 amide bonds. The topological polar surface area (TPSA) is 0 Å². The Morgan fingerprint density at radius 1 is 0.800 bits per heavy atom. The number of benzene rings is 2. The van der Waals surface area contributed by atoms with Crippen molar-refractivity contribution in [1.82, 2.24) is 0 Å². The second-order valence-electron chi connectivity index (χ2n) is 6.77. The van der Waals surface area contributed by atoms with Crippen LogP contribution in [0.4, 0.5) is 0 Å². The Hall–Kier alpha value is -1.65. The van der Waals surface area contributed by atoms with E-state index in [1.54, 1.807) is 11.1 Å². The molecular formula is C24H29P. The summed E-state index contributed by atoms with van der Waals surface area (Å²) < 4.78 is 0. The van der Waals surface area contributed by atoms with Gasteiger partial charge in [-0.3, -0.25) is 0 Å². The van der Waals surface area contributed by atoms with Crippen LogP contribution in [0.1, 0.15) is 51.9 Å². The summed E-state index contributed by atoms with van der Waals surface area (Å²) in [6.45, 7) is 2.28. The molecule has 0 aliphatic heterocycles. The molecule has 2 aromatic rings. The van der Waals surface area contributed by atoms with Gasteiger partial charge in [-0.15, -0.1) is 0 Å². The van der Waals surface area contributed by atoms with Gasteiger partial charge < -0.3 is 0 Å². The third-order valence-electron chi connectivity index (χ3n) is 4.86. The highest BCUT2D eigenvalue weighted by atomic mass is 31.1. The van der Waals surface area contributed by atoms with E-state index >= 15 is 0 Å². The van der Waals surface area contributed by atoms with E-state index < -0.39 is 7.92 Å². The second-order valence-corrected chi connectivity index (χ2v) is 8.81. The molecule has 0 atom stereocenters. The SMILES string of the molecule is CCCC/C=C1\CCCC\C1=C/P(c1ccccc1)c1ccccc1. The van der Waals surface area contributed by atoms with E-state index in [-0.39, 0.29) is 0 Å². The third-order valence-corrected chi connectivity index (χ3v) is 7.14. The van der Waals surface area contributed by atoms with Crippen molar-refractivity contribution in [2.45, 2.75) is 51.9 Å². The molecule has 130 valence electrons. The number of hydrogen-bond donors (Lipinski definition) is 0. The summed E-state index contributed by atoms with van der Waals surface area (Å²) in [7, 11) is -0.422. The zero-order valence-electron chi connectivity index (χ0n) is 15.3. The van der Waals surface area contributed by atoms with Gasteiger partial charge in [0.05, 0.1) is 0 Å². The van der Waals surface area contributed by atoms with Crippen LogP contribution >= 0.6 is 7.92 Å². The highest BCUT2D eigenvalue weighted by Crippen LogP contribution is 2.41. The summed E-state index contributed by atoms with van der Waals surface area (Å²) in [5, 5.41) is 2.91. The van der Waals surface area contributed by atoms with Gasteiger partial charge in [-0.1, -0.05) is 86.5 Å². The van der Waals surface area contributed by atoms with Crippen LogP contribution in [0, 0.1) is 0 Å². The molecular weight excluding hydrogens is 319 g/mol. The molecule has 1 saturated carbocycles. The molecule has 1 heteroatoms. The molecule has 0 aromatic heterocycles. The number of unbranched alkanes of at least 4 members (excludes halogenated alkanes) is 2. The Morgan fingerprint density at radius 3 is 1.92 bits per heavy atom. The Balaban J connectivity index is 1.95. The van der Waals surface area contributed by atoms with E-state index in [1.165, 1.54) is 55.6 Å². The maximum absolute atomic E-state index is 2.61. The van der Waals surface area contributed by atoms with Gasteiger partial charge in [-0.2, -0.15) is 0 Å². The van der Waals surface area contributed by atoms with Crippen molar-refractivity contribution in [3.05, 3.63) is 83.7 Å². The molecule has 0 bridgehead atoms. The minimum atomic E-state index is -0.422. The number of rotatable bonds is 6. The van der Waals surface area contributed by atoms with E-state index in [1.807, 2.05) is 0 Å². The van der Waals surface area contributed by atoms with Crippen molar-refractivity contribution in [3.8, 4) is 0 Å². The van der Waals surface area contributed by atoms with Crippen LogP contribution < -0.4 is 10.6 Å². The average Bonchev–Trinajstić information content (AvgIpc) is 2.69.